The number of nitrogens with zero attached hydrogens (tertiary/aromatic N) is 7. The normalized spacial score (nSPS) is 14.5. The van der Waals surface area contributed by atoms with E-state index >= 15 is 4.39 Å². The molecule has 12 nitrogen and oxygen atoms in total. The van der Waals surface area contributed by atoms with Crippen molar-refractivity contribution in [2.24, 2.45) is 0 Å². The Morgan fingerprint density at radius 1 is 0.962 bits per heavy atom. The number of anilines is 2. The maximum absolute atomic E-state index is 15.8. The van der Waals surface area contributed by atoms with Crippen LogP contribution in [0.4, 0.5) is 20.3 Å². The number of rotatable bonds is 11. The second-order valence-electron chi connectivity index (χ2n) is 13.1. The van der Waals surface area contributed by atoms with E-state index in [2.05, 4.69) is 34.3 Å². The van der Waals surface area contributed by atoms with Gasteiger partial charge in [-0.3, -0.25) is 9.59 Å². The summed E-state index contributed by atoms with van der Waals surface area (Å²) in [7, 11) is 5.74. The number of aromatic nitrogens is 5. The monoisotopic (exact) mass is 720 g/mol. The number of amides is 1. The number of pyridine rings is 1. The zero-order valence-electron chi connectivity index (χ0n) is 29.5. The molecule has 0 spiro atoms. The van der Waals surface area contributed by atoms with Crippen molar-refractivity contribution in [2.45, 2.75) is 31.8 Å². The summed E-state index contributed by atoms with van der Waals surface area (Å²) < 4.78 is 43.6. The van der Waals surface area contributed by atoms with E-state index in [4.69, 9.17) is 19.6 Å². The van der Waals surface area contributed by atoms with Crippen LogP contribution < -0.4 is 25.2 Å². The van der Waals surface area contributed by atoms with Crippen LogP contribution in [0.2, 0.25) is 0 Å². The van der Waals surface area contributed by atoms with Crippen molar-refractivity contribution >= 4 is 28.4 Å². The van der Waals surface area contributed by atoms with Crippen LogP contribution in [0.3, 0.4) is 0 Å². The predicted octanol–water partition coefficient (Wildman–Crippen LogP) is 6.28. The zero-order valence-corrected chi connectivity index (χ0v) is 29.5. The highest BCUT2D eigenvalue weighted by Crippen LogP contribution is 2.39. The van der Waals surface area contributed by atoms with Gasteiger partial charge in [0.1, 0.15) is 28.3 Å². The molecule has 1 amide bonds. The molecule has 1 fully saturated rings. The molecule has 53 heavy (non-hydrogen) atoms. The number of ether oxygens (including phenoxy) is 2. The number of carbonyl (C=O) groups excluding carboxylic acids is 1. The Morgan fingerprint density at radius 2 is 1.75 bits per heavy atom. The van der Waals surface area contributed by atoms with Gasteiger partial charge in [-0.2, -0.15) is 14.9 Å². The number of hydrogen-bond donors (Lipinski definition) is 1. The maximum Gasteiger partial charge on any atom is 0.284 e. The van der Waals surface area contributed by atoms with Crippen LogP contribution in [-0.2, 0) is 6.54 Å². The van der Waals surface area contributed by atoms with Crippen molar-refractivity contribution in [3.8, 4) is 22.9 Å². The molecule has 3 aromatic carbocycles. The topological polar surface area (TPSA) is 120 Å². The van der Waals surface area contributed by atoms with Crippen LogP contribution in [-0.4, -0.2) is 75.7 Å². The van der Waals surface area contributed by atoms with Crippen molar-refractivity contribution in [1.29, 1.82) is 0 Å². The quantitative estimate of drug-likeness (QED) is 0.165. The second-order valence-corrected chi connectivity index (χ2v) is 13.1. The number of benzene rings is 3. The lowest BCUT2D eigenvalue weighted by atomic mass is 10.0. The SMILES string of the molecule is COc1ccc(Cn2nc(N3CCCCC3CN(C)C)c3c(Oc4ccc(NC(=O)c5ccnn(-c6ccc(F)cc6)c5=O)cc4F)ccnc32)cc1. The summed E-state index contributed by atoms with van der Waals surface area (Å²) in [6.45, 7) is 2.08. The van der Waals surface area contributed by atoms with E-state index in [1.807, 2.05) is 28.9 Å². The smallest absolute Gasteiger partial charge is 0.284 e. The van der Waals surface area contributed by atoms with Gasteiger partial charge in [-0.15, -0.1) is 0 Å². The fourth-order valence-corrected chi connectivity index (χ4v) is 6.57. The fourth-order valence-electron chi connectivity index (χ4n) is 6.57. The molecule has 1 N–H and O–H groups in total. The molecule has 7 rings (SSSR count). The number of hydrogen-bond acceptors (Lipinski definition) is 9. The number of fused-ring (bicyclic) bond motifs is 1. The van der Waals surface area contributed by atoms with E-state index in [1.54, 1.807) is 19.4 Å². The van der Waals surface area contributed by atoms with E-state index in [-0.39, 0.29) is 28.7 Å². The highest BCUT2D eigenvalue weighted by Gasteiger charge is 2.30. The van der Waals surface area contributed by atoms with Crippen molar-refractivity contribution in [2.75, 3.05) is 44.5 Å². The molecule has 272 valence electrons. The van der Waals surface area contributed by atoms with Gasteiger partial charge in [-0.25, -0.2) is 18.4 Å². The molecule has 1 aliphatic heterocycles. The van der Waals surface area contributed by atoms with Crippen LogP contribution in [0.15, 0.2) is 96.1 Å². The Hall–Kier alpha value is -6.15. The van der Waals surface area contributed by atoms with E-state index in [0.717, 1.165) is 60.2 Å². The van der Waals surface area contributed by atoms with Crippen LogP contribution in [0.25, 0.3) is 16.7 Å². The van der Waals surface area contributed by atoms with Gasteiger partial charge in [0.25, 0.3) is 11.5 Å². The Morgan fingerprint density at radius 3 is 2.49 bits per heavy atom. The molecular weight excluding hydrogens is 682 g/mol. The largest absolute Gasteiger partial charge is 0.497 e. The Labute approximate surface area is 304 Å². The van der Waals surface area contributed by atoms with Gasteiger partial charge in [-0.05, 0) is 93.5 Å². The summed E-state index contributed by atoms with van der Waals surface area (Å²) >= 11 is 0. The van der Waals surface area contributed by atoms with Gasteiger partial charge in [0.05, 0.1) is 19.3 Å². The fraction of sp³-hybridized carbons (Fsp3) is 0.256. The third kappa shape index (κ3) is 7.58. The number of likely N-dealkylation sites (N-methyl/N-ethyl adjacent to an activating group) is 1. The first-order chi connectivity index (χ1) is 25.7. The molecular formula is C39H38F2N8O4. The lowest BCUT2D eigenvalue weighted by molar-refractivity contribution is 0.102. The van der Waals surface area contributed by atoms with Crippen molar-refractivity contribution in [3.63, 3.8) is 0 Å². The average molecular weight is 721 g/mol. The Balaban J connectivity index is 1.19. The summed E-state index contributed by atoms with van der Waals surface area (Å²) in [5, 5.41) is 12.3. The number of nitrogens with one attached hydrogen (secondary N) is 1. The highest BCUT2D eigenvalue weighted by atomic mass is 19.1. The molecule has 4 heterocycles. The van der Waals surface area contributed by atoms with Gasteiger partial charge in [0, 0.05) is 49.3 Å². The molecule has 0 saturated carbocycles. The van der Waals surface area contributed by atoms with Gasteiger partial charge in [-0.1, -0.05) is 12.1 Å². The molecule has 1 unspecified atom stereocenters. The molecule has 0 aliphatic carbocycles. The van der Waals surface area contributed by atoms with Crippen LogP contribution in [0.5, 0.6) is 17.2 Å². The standard InChI is InChI=1S/C39H38F2N8O4/c1-46(2)24-29-6-4-5-21-47(29)37-35-34(18-19-42-36(35)48(45-37)23-25-7-14-30(52-3)15-8-25)53-33-16-11-27(22-32(33)41)44-38(50)31-17-20-43-49(39(31)51)28-12-9-26(40)10-13-28/h7-20,22,29H,4-6,21,23-24H2,1-3H3,(H,44,50). The molecule has 1 atom stereocenters. The average Bonchev–Trinajstić information content (AvgIpc) is 3.52. The van der Waals surface area contributed by atoms with Crippen molar-refractivity contribution < 1.29 is 23.0 Å². The summed E-state index contributed by atoms with van der Waals surface area (Å²) in [5.41, 5.74) is 1.04. The van der Waals surface area contributed by atoms with Crippen LogP contribution in [0, 0.1) is 11.6 Å². The first kappa shape index (κ1) is 35.3. The summed E-state index contributed by atoms with van der Waals surface area (Å²) in [4.78, 5) is 35.4. The van der Waals surface area contributed by atoms with Crippen molar-refractivity contribution in [1.82, 2.24) is 29.4 Å². The van der Waals surface area contributed by atoms with Gasteiger partial charge < -0.3 is 24.6 Å². The molecule has 1 aliphatic rings. The van der Waals surface area contributed by atoms with E-state index in [0.29, 0.717) is 23.3 Å². The molecule has 6 aromatic rings. The first-order valence-corrected chi connectivity index (χ1v) is 17.2. The summed E-state index contributed by atoms with van der Waals surface area (Å²) in [5.74, 6) is -0.194. The minimum Gasteiger partial charge on any atom is -0.497 e. The van der Waals surface area contributed by atoms with Gasteiger partial charge >= 0.3 is 0 Å². The van der Waals surface area contributed by atoms with E-state index in [9.17, 15) is 14.0 Å². The van der Waals surface area contributed by atoms with E-state index < -0.39 is 23.1 Å². The number of piperidine rings is 1. The third-order valence-corrected chi connectivity index (χ3v) is 9.11. The zero-order chi connectivity index (χ0) is 37.1. The molecule has 14 heteroatoms. The Kier molecular flexibility index (Phi) is 10.1. The van der Waals surface area contributed by atoms with E-state index in [1.165, 1.54) is 48.7 Å². The minimum atomic E-state index is -0.764. The van der Waals surface area contributed by atoms with Crippen molar-refractivity contribution in [3.05, 3.63) is 124 Å². The number of methoxy groups -OCH3 is 1. The highest BCUT2D eigenvalue weighted by molar-refractivity contribution is 6.04. The predicted molar refractivity (Wildman–Crippen MR) is 197 cm³/mol. The molecule has 3 aromatic heterocycles. The minimum absolute atomic E-state index is 0.0737. The maximum atomic E-state index is 15.8. The molecule has 0 radical (unpaired) electrons. The lowest BCUT2D eigenvalue weighted by Crippen LogP contribution is -2.45. The number of carbonyl (C=O) groups is 1. The second kappa shape index (κ2) is 15.2. The molecule has 1 saturated heterocycles. The first-order valence-electron chi connectivity index (χ1n) is 17.2. The Bertz CT molecular complexity index is 2310. The summed E-state index contributed by atoms with van der Waals surface area (Å²) in [6.07, 6.45) is 6.02. The lowest BCUT2D eigenvalue weighted by Gasteiger charge is -2.37. The molecule has 0 bridgehead atoms. The van der Waals surface area contributed by atoms with Gasteiger partial charge in [0.15, 0.2) is 23.0 Å². The van der Waals surface area contributed by atoms with Crippen LogP contribution >= 0.6 is 0 Å². The van der Waals surface area contributed by atoms with Gasteiger partial charge in [0.2, 0.25) is 0 Å². The summed E-state index contributed by atoms with van der Waals surface area (Å²) in [6, 6.07) is 20.1. The van der Waals surface area contributed by atoms with Crippen LogP contribution in [0.1, 0.15) is 35.2 Å². The number of halogens is 2. The third-order valence-electron chi connectivity index (χ3n) is 9.11.